The number of rotatable bonds is 4. The van der Waals surface area contributed by atoms with E-state index in [4.69, 9.17) is 18.9 Å². The molecule has 0 spiro atoms. The zero-order valence-corrected chi connectivity index (χ0v) is 18.4. The Morgan fingerprint density at radius 2 is 1.54 bits per heavy atom. The minimum atomic E-state index is -1.62. The van der Waals surface area contributed by atoms with Gasteiger partial charge in [0.25, 0.3) is 0 Å². The molecule has 2 aliphatic heterocycles. The largest absolute Gasteiger partial charge is 0.508 e. The van der Waals surface area contributed by atoms with Gasteiger partial charge in [-0.25, -0.2) is 0 Å². The molecule has 10 heteroatoms. The van der Waals surface area contributed by atoms with Crippen LogP contribution in [0.5, 0.6) is 40.2 Å². The lowest BCUT2D eigenvalue weighted by molar-refractivity contribution is -0.0130. The second-order valence-corrected chi connectivity index (χ2v) is 8.20. The Morgan fingerprint density at radius 3 is 2.29 bits per heavy atom. The molecule has 0 radical (unpaired) electrons. The number of aliphatic hydroxyl groups excluding tert-OH is 2. The number of carbonyl (C=O) groups excluding carboxylic acids is 1. The van der Waals surface area contributed by atoms with Crippen LogP contribution >= 0.6 is 0 Å². The number of aliphatic hydroxyl groups is 2. The lowest BCUT2D eigenvalue weighted by Gasteiger charge is -2.35. The third-order valence-electron chi connectivity index (χ3n) is 6.00. The SMILES string of the molecule is COc1cc([C@H]2Oc3ccc([C@@H]4Oc5cc(O)cc(O)c5C(=O)[C@H]4O)cc3O[C@H]2CO)ccc1O. The summed E-state index contributed by atoms with van der Waals surface area (Å²) in [6, 6.07) is 11.6. The number of fused-ring (bicyclic) bond motifs is 2. The molecule has 10 nitrogen and oxygen atoms in total. The molecule has 3 aromatic carbocycles. The number of aromatic hydroxyl groups is 3. The lowest BCUT2D eigenvalue weighted by Crippen LogP contribution is -2.37. The van der Waals surface area contributed by atoms with E-state index in [1.54, 1.807) is 24.3 Å². The molecule has 0 amide bonds. The first-order valence-corrected chi connectivity index (χ1v) is 10.7. The molecule has 2 aliphatic rings. The van der Waals surface area contributed by atoms with Crippen molar-refractivity contribution in [1.29, 1.82) is 0 Å². The molecule has 0 aliphatic carbocycles. The summed E-state index contributed by atoms with van der Waals surface area (Å²) in [6.45, 7) is -0.384. The number of phenols is 3. The van der Waals surface area contributed by atoms with Crippen LogP contribution in [0.1, 0.15) is 33.7 Å². The van der Waals surface area contributed by atoms with Crippen LogP contribution < -0.4 is 18.9 Å². The first-order chi connectivity index (χ1) is 16.8. The van der Waals surface area contributed by atoms with Crippen molar-refractivity contribution in [3.8, 4) is 40.2 Å². The molecule has 35 heavy (non-hydrogen) atoms. The van der Waals surface area contributed by atoms with Crippen molar-refractivity contribution in [2.24, 2.45) is 0 Å². The van der Waals surface area contributed by atoms with Gasteiger partial charge in [0, 0.05) is 17.7 Å². The molecule has 2 heterocycles. The maximum Gasteiger partial charge on any atom is 0.202 e. The summed E-state index contributed by atoms with van der Waals surface area (Å²) in [5.41, 5.74) is 0.779. The molecule has 0 aromatic heterocycles. The summed E-state index contributed by atoms with van der Waals surface area (Å²) in [6.07, 6.45) is -4.27. The van der Waals surface area contributed by atoms with Crippen LogP contribution in [0.4, 0.5) is 0 Å². The predicted molar refractivity (Wildman–Crippen MR) is 119 cm³/mol. The van der Waals surface area contributed by atoms with E-state index in [1.165, 1.54) is 25.3 Å². The Bertz CT molecular complexity index is 1300. The third kappa shape index (κ3) is 3.82. The molecular weight excluding hydrogens is 460 g/mol. The van der Waals surface area contributed by atoms with Crippen LogP contribution in [-0.4, -0.2) is 57.2 Å². The van der Waals surface area contributed by atoms with E-state index in [0.717, 1.165) is 6.07 Å². The lowest BCUT2D eigenvalue weighted by atomic mass is 9.92. The van der Waals surface area contributed by atoms with Crippen LogP contribution in [0.25, 0.3) is 0 Å². The topological polar surface area (TPSA) is 155 Å². The summed E-state index contributed by atoms with van der Waals surface area (Å²) in [5.74, 6) is -0.789. The Kier molecular flexibility index (Phi) is 5.54. The van der Waals surface area contributed by atoms with E-state index < -0.39 is 35.9 Å². The number of phenolic OH excluding ortho intramolecular Hbond substituents is 3. The molecule has 0 bridgehead atoms. The van der Waals surface area contributed by atoms with Crippen molar-refractivity contribution in [2.45, 2.75) is 24.4 Å². The Labute approximate surface area is 199 Å². The second kappa shape index (κ2) is 8.57. The minimum absolute atomic E-state index is 0.0395. The van der Waals surface area contributed by atoms with E-state index in [1.807, 2.05) is 0 Å². The van der Waals surface area contributed by atoms with Crippen molar-refractivity contribution in [3.05, 3.63) is 65.2 Å². The van der Waals surface area contributed by atoms with Gasteiger partial charge in [-0.1, -0.05) is 12.1 Å². The number of hydrogen-bond acceptors (Lipinski definition) is 10. The quantitative estimate of drug-likeness (QED) is 0.374. The average molecular weight is 482 g/mol. The summed E-state index contributed by atoms with van der Waals surface area (Å²) in [4.78, 5) is 12.7. The molecule has 0 fully saturated rings. The second-order valence-electron chi connectivity index (χ2n) is 8.20. The highest BCUT2D eigenvalue weighted by molar-refractivity contribution is 6.05. The van der Waals surface area contributed by atoms with E-state index >= 15 is 0 Å². The van der Waals surface area contributed by atoms with Crippen molar-refractivity contribution in [2.75, 3.05) is 13.7 Å². The molecule has 0 saturated heterocycles. The Balaban J connectivity index is 1.46. The fourth-order valence-electron chi connectivity index (χ4n) is 4.28. The minimum Gasteiger partial charge on any atom is -0.508 e. The van der Waals surface area contributed by atoms with Crippen LogP contribution in [-0.2, 0) is 0 Å². The molecule has 5 rings (SSSR count). The Hall–Kier alpha value is -4.15. The number of methoxy groups -OCH3 is 1. The fraction of sp³-hybridized carbons (Fsp3) is 0.240. The smallest absolute Gasteiger partial charge is 0.202 e. The first kappa shape index (κ1) is 22.6. The molecule has 4 atom stereocenters. The maximum absolute atomic E-state index is 12.7. The van der Waals surface area contributed by atoms with Crippen LogP contribution in [0.3, 0.4) is 0 Å². The average Bonchev–Trinajstić information content (AvgIpc) is 2.85. The van der Waals surface area contributed by atoms with E-state index in [9.17, 15) is 30.3 Å². The fourth-order valence-corrected chi connectivity index (χ4v) is 4.28. The van der Waals surface area contributed by atoms with Crippen molar-refractivity contribution >= 4 is 5.78 Å². The van der Waals surface area contributed by atoms with Gasteiger partial charge in [-0.05, 0) is 29.8 Å². The summed E-state index contributed by atoms with van der Waals surface area (Å²) < 4.78 is 23.0. The number of ketones is 1. The molecule has 5 N–H and O–H groups in total. The number of ether oxygens (including phenoxy) is 4. The van der Waals surface area contributed by atoms with Crippen molar-refractivity contribution < 1.29 is 49.3 Å². The summed E-state index contributed by atoms with van der Waals surface area (Å²) in [5, 5.41) is 50.2. The summed E-state index contributed by atoms with van der Waals surface area (Å²) >= 11 is 0. The van der Waals surface area contributed by atoms with Crippen LogP contribution in [0.15, 0.2) is 48.5 Å². The third-order valence-corrected chi connectivity index (χ3v) is 6.00. The molecule has 3 aromatic rings. The van der Waals surface area contributed by atoms with E-state index in [2.05, 4.69) is 0 Å². The van der Waals surface area contributed by atoms with Crippen molar-refractivity contribution in [3.63, 3.8) is 0 Å². The normalized spacial score (nSPS) is 22.8. The number of Topliss-reactive ketones (excluding diaryl/α,β-unsaturated/α-hetero) is 1. The van der Waals surface area contributed by atoms with Crippen LogP contribution in [0, 0.1) is 0 Å². The van der Waals surface area contributed by atoms with Crippen LogP contribution in [0.2, 0.25) is 0 Å². The first-order valence-electron chi connectivity index (χ1n) is 10.7. The maximum atomic E-state index is 12.7. The highest BCUT2D eigenvalue weighted by Gasteiger charge is 2.40. The zero-order valence-electron chi connectivity index (χ0n) is 18.4. The van der Waals surface area contributed by atoms with Gasteiger partial charge in [0.05, 0.1) is 13.7 Å². The summed E-state index contributed by atoms with van der Waals surface area (Å²) in [7, 11) is 1.42. The number of benzene rings is 3. The molecule has 182 valence electrons. The van der Waals surface area contributed by atoms with Gasteiger partial charge in [-0.2, -0.15) is 0 Å². The molecule has 0 saturated carbocycles. The predicted octanol–water partition coefficient (Wildman–Crippen LogP) is 2.36. The number of carbonyl (C=O) groups is 1. The van der Waals surface area contributed by atoms with Gasteiger partial charge in [0.15, 0.2) is 47.4 Å². The Morgan fingerprint density at radius 1 is 0.829 bits per heavy atom. The van der Waals surface area contributed by atoms with E-state index in [-0.39, 0.29) is 40.9 Å². The van der Waals surface area contributed by atoms with Gasteiger partial charge in [-0.3, -0.25) is 4.79 Å². The van der Waals surface area contributed by atoms with Gasteiger partial charge < -0.3 is 44.5 Å². The highest BCUT2D eigenvalue weighted by atomic mass is 16.6. The monoisotopic (exact) mass is 482 g/mol. The molecular formula is C25H22O10. The standard InChI is InChI=1S/C25H22O10/c1-32-17-6-11(2-4-14(17)28)24-20(10-26)33-18-7-12(3-5-16(18)34-24)25-23(31)22(30)21-15(29)8-13(27)9-19(21)35-25/h2-9,20,23-29,31H,10H2,1H3/t20-,23+,24+,25-/m0/s1. The van der Waals surface area contributed by atoms with E-state index in [0.29, 0.717) is 16.9 Å². The highest BCUT2D eigenvalue weighted by Crippen LogP contribution is 2.45. The zero-order chi connectivity index (χ0) is 24.9. The van der Waals surface area contributed by atoms with Gasteiger partial charge >= 0.3 is 0 Å². The van der Waals surface area contributed by atoms with Gasteiger partial charge in [-0.15, -0.1) is 0 Å². The molecule has 0 unspecified atom stereocenters. The number of hydrogen-bond donors (Lipinski definition) is 5. The van der Waals surface area contributed by atoms with Gasteiger partial charge in [0.2, 0.25) is 5.78 Å². The van der Waals surface area contributed by atoms with Gasteiger partial charge in [0.1, 0.15) is 22.8 Å². The van der Waals surface area contributed by atoms with Crippen molar-refractivity contribution in [1.82, 2.24) is 0 Å².